The maximum absolute atomic E-state index is 12.1. The Bertz CT molecular complexity index is 419. The van der Waals surface area contributed by atoms with Gasteiger partial charge >= 0.3 is 0 Å². The van der Waals surface area contributed by atoms with Gasteiger partial charge in [0.25, 0.3) is 5.91 Å². The highest BCUT2D eigenvalue weighted by Gasteiger charge is 2.18. The smallest absolute Gasteiger partial charge is 0.276 e. The van der Waals surface area contributed by atoms with Gasteiger partial charge in [-0.15, -0.1) is 0 Å². The molecule has 6 nitrogen and oxygen atoms in total. The third-order valence-corrected chi connectivity index (χ3v) is 2.57. The van der Waals surface area contributed by atoms with E-state index in [1.165, 1.54) is 0 Å². The summed E-state index contributed by atoms with van der Waals surface area (Å²) in [5, 5.41) is 3.72. The highest BCUT2D eigenvalue weighted by Crippen LogP contribution is 2.08. The van der Waals surface area contributed by atoms with Crippen LogP contribution in [0.25, 0.3) is 0 Å². The van der Waals surface area contributed by atoms with Gasteiger partial charge in [0.1, 0.15) is 6.61 Å². The van der Waals surface area contributed by atoms with E-state index in [0.29, 0.717) is 36.9 Å². The molecule has 0 unspecified atom stereocenters. The molecule has 0 aliphatic carbocycles. The second-order valence-corrected chi connectivity index (χ2v) is 4.24. The first kappa shape index (κ1) is 14.6. The number of nitrogens with two attached hydrogens (primary N) is 1. The Hall–Kier alpha value is -1.47. The third-order valence-electron chi connectivity index (χ3n) is 2.36. The SMILES string of the molecule is CCN(CCC(N)=S)C(=O)c1cc(COC)on1. The molecule has 0 fully saturated rings. The number of amides is 1. The average Bonchev–Trinajstić information content (AvgIpc) is 2.78. The van der Waals surface area contributed by atoms with Gasteiger partial charge in [0, 0.05) is 32.7 Å². The van der Waals surface area contributed by atoms with Crippen LogP contribution in [-0.4, -0.2) is 41.2 Å². The van der Waals surface area contributed by atoms with Crippen molar-refractivity contribution in [2.75, 3.05) is 20.2 Å². The van der Waals surface area contributed by atoms with Gasteiger partial charge in [-0.3, -0.25) is 4.79 Å². The van der Waals surface area contributed by atoms with Crippen molar-refractivity contribution in [3.8, 4) is 0 Å². The van der Waals surface area contributed by atoms with E-state index in [1.54, 1.807) is 18.1 Å². The summed E-state index contributed by atoms with van der Waals surface area (Å²) in [7, 11) is 1.55. The molecule has 2 N–H and O–H groups in total. The number of methoxy groups -OCH3 is 1. The number of thiocarbonyl (C=S) groups is 1. The Morgan fingerprint density at radius 2 is 2.39 bits per heavy atom. The zero-order chi connectivity index (χ0) is 13.5. The molecule has 0 spiro atoms. The molecule has 0 aliphatic rings. The molecule has 0 bridgehead atoms. The van der Waals surface area contributed by atoms with E-state index < -0.39 is 0 Å². The Labute approximate surface area is 111 Å². The molecule has 1 aromatic heterocycles. The highest BCUT2D eigenvalue weighted by molar-refractivity contribution is 7.80. The molecule has 0 aliphatic heterocycles. The molecule has 0 saturated heterocycles. The molecule has 0 saturated carbocycles. The van der Waals surface area contributed by atoms with Crippen LogP contribution in [0.15, 0.2) is 10.6 Å². The Morgan fingerprint density at radius 3 is 2.94 bits per heavy atom. The molecule has 1 amide bonds. The molecule has 0 atom stereocenters. The standard InChI is InChI=1S/C11H17N3O3S/c1-3-14(5-4-10(12)18)11(15)9-6-8(7-16-2)17-13-9/h6H,3-5,7H2,1-2H3,(H2,12,18). The van der Waals surface area contributed by atoms with Crippen LogP contribution < -0.4 is 5.73 Å². The minimum atomic E-state index is -0.195. The molecule has 0 aromatic carbocycles. The van der Waals surface area contributed by atoms with Crippen molar-refractivity contribution < 1.29 is 14.1 Å². The maximum atomic E-state index is 12.1. The fraction of sp³-hybridized carbons (Fsp3) is 0.545. The number of ether oxygens (including phenoxy) is 1. The van der Waals surface area contributed by atoms with E-state index in [1.807, 2.05) is 6.92 Å². The summed E-state index contributed by atoms with van der Waals surface area (Å²) in [5.74, 6) is 0.325. The lowest BCUT2D eigenvalue weighted by Crippen LogP contribution is -2.33. The van der Waals surface area contributed by atoms with Crippen LogP contribution in [0.3, 0.4) is 0 Å². The summed E-state index contributed by atoms with van der Waals surface area (Å²) in [5.41, 5.74) is 5.69. The summed E-state index contributed by atoms with van der Waals surface area (Å²) in [6.07, 6.45) is 0.498. The summed E-state index contributed by atoms with van der Waals surface area (Å²) in [6.45, 7) is 3.22. The number of carbonyl (C=O) groups is 1. The van der Waals surface area contributed by atoms with Crippen LogP contribution >= 0.6 is 12.2 Å². The van der Waals surface area contributed by atoms with E-state index in [4.69, 9.17) is 27.2 Å². The van der Waals surface area contributed by atoms with Crippen LogP contribution in [0.5, 0.6) is 0 Å². The minimum absolute atomic E-state index is 0.195. The lowest BCUT2D eigenvalue weighted by Gasteiger charge is -2.18. The van der Waals surface area contributed by atoms with Gasteiger partial charge in [0.2, 0.25) is 0 Å². The lowest BCUT2D eigenvalue weighted by molar-refractivity contribution is 0.0758. The summed E-state index contributed by atoms with van der Waals surface area (Å²) >= 11 is 4.79. The lowest BCUT2D eigenvalue weighted by atomic mass is 10.3. The molecular formula is C11H17N3O3S. The quantitative estimate of drug-likeness (QED) is 0.744. The fourth-order valence-electron chi connectivity index (χ4n) is 1.43. The largest absolute Gasteiger partial charge is 0.393 e. The summed E-state index contributed by atoms with van der Waals surface area (Å²) in [4.78, 5) is 14.1. The molecule has 1 heterocycles. The van der Waals surface area contributed by atoms with E-state index in [9.17, 15) is 4.79 Å². The highest BCUT2D eigenvalue weighted by atomic mass is 32.1. The Kier molecular flexibility index (Phi) is 5.73. The molecule has 7 heteroatoms. The second kappa shape index (κ2) is 7.07. The van der Waals surface area contributed by atoms with Crippen molar-refractivity contribution in [3.63, 3.8) is 0 Å². The van der Waals surface area contributed by atoms with Crippen LogP contribution in [0.2, 0.25) is 0 Å². The van der Waals surface area contributed by atoms with Crippen molar-refractivity contribution in [2.24, 2.45) is 5.73 Å². The number of nitrogens with zero attached hydrogens (tertiary/aromatic N) is 2. The second-order valence-electron chi connectivity index (χ2n) is 3.71. The molecular weight excluding hydrogens is 254 g/mol. The normalized spacial score (nSPS) is 10.3. The number of carbonyl (C=O) groups excluding carboxylic acids is 1. The summed E-state index contributed by atoms with van der Waals surface area (Å²) in [6, 6.07) is 1.58. The van der Waals surface area contributed by atoms with Crippen LogP contribution in [-0.2, 0) is 11.3 Å². The molecule has 1 aromatic rings. The van der Waals surface area contributed by atoms with Crippen LogP contribution in [0.1, 0.15) is 29.6 Å². The first-order chi connectivity index (χ1) is 8.58. The molecule has 100 valence electrons. The van der Waals surface area contributed by atoms with E-state index >= 15 is 0 Å². The topological polar surface area (TPSA) is 81.6 Å². The van der Waals surface area contributed by atoms with Crippen molar-refractivity contribution >= 4 is 23.1 Å². The average molecular weight is 271 g/mol. The van der Waals surface area contributed by atoms with E-state index in [-0.39, 0.29) is 11.6 Å². The number of aromatic nitrogens is 1. The van der Waals surface area contributed by atoms with Gasteiger partial charge in [-0.25, -0.2) is 0 Å². The predicted molar refractivity (Wildman–Crippen MR) is 70.2 cm³/mol. The third kappa shape index (κ3) is 4.08. The minimum Gasteiger partial charge on any atom is -0.393 e. The first-order valence-corrected chi connectivity index (χ1v) is 6.01. The van der Waals surface area contributed by atoms with Crippen LogP contribution in [0.4, 0.5) is 0 Å². The zero-order valence-electron chi connectivity index (χ0n) is 10.5. The monoisotopic (exact) mass is 271 g/mol. The number of rotatable bonds is 7. The first-order valence-electron chi connectivity index (χ1n) is 5.60. The molecule has 18 heavy (non-hydrogen) atoms. The van der Waals surface area contributed by atoms with Gasteiger partial charge in [-0.05, 0) is 6.92 Å². The predicted octanol–water partition coefficient (Wildman–Crippen LogP) is 0.959. The molecule has 1 rings (SSSR count). The van der Waals surface area contributed by atoms with Crippen molar-refractivity contribution in [2.45, 2.75) is 20.0 Å². The van der Waals surface area contributed by atoms with Crippen molar-refractivity contribution in [1.29, 1.82) is 0 Å². The number of hydrogen-bond acceptors (Lipinski definition) is 5. The van der Waals surface area contributed by atoms with Gasteiger partial charge in [-0.1, -0.05) is 17.4 Å². The van der Waals surface area contributed by atoms with E-state index in [0.717, 1.165) is 0 Å². The Morgan fingerprint density at radius 1 is 1.67 bits per heavy atom. The number of hydrogen-bond donors (Lipinski definition) is 1. The van der Waals surface area contributed by atoms with E-state index in [2.05, 4.69) is 5.16 Å². The maximum Gasteiger partial charge on any atom is 0.276 e. The van der Waals surface area contributed by atoms with Crippen molar-refractivity contribution in [3.05, 3.63) is 17.5 Å². The van der Waals surface area contributed by atoms with Crippen LogP contribution in [0, 0.1) is 0 Å². The van der Waals surface area contributed by atoms with Gasteiger partial charge in [0.15, 0.2) is 11.5 Å². The Balaban J connectivity index is 2.66. The zero-order valence-corrected chi connectivity index (χ0v) is 11.3. The van der Waals surface area contributed by atoms with Gasteiger partial charge in [0.05, 0.1) is 4.99 Å². The summed E-state index contributed by atoms with van der Waals surface area (Å²) < 4.78 is 9.87. The van der Waals surface area contributed by atoms with Crippen molar-refractivity contribution in [1.82, 2.24) is 10.1 Å². The van der Waals surface area contributed by atoms with Gasteiger partial charge in [-0.2, -0.15) is 0 Å². The van der Waals surface area contributed by atoms with Gasteiger partial charge < -0.3 is 19.9 Å². The fourth-order valence-corrected chi connectivity index (χ4v) is 1.53. The molecule has 0 radical (unpaired) electrons.